The number of nitrogens with zero attached hydrogens (tertiary/aromatic N) is 1. The molecule has 0 bridgehead atoms. The highest BCUT2D eigenvalue weighted by Crippen LogP contribution is 2.33. The van der Waals surface area contributed by atoms with Crippen molar-refractivity contribution in [3.63, 3.8) is 0 Å². The summed E-state index contributed by atoms with van der Waals surface area (Å²) in [4.78, 5) is -0.493. The summed E-state index contributed by atoms with van der Waals surface area (Å²) in [5.74, 6) is -0.726. The van der Waals surface area contributed by atoms with Gasteiger partial charge in [0.05, 0.1) is 0 Å². The molecule has 2 rings (SSSR count). The van der Waals surface area contributed by atoms with E-state index in [1.54, 1.807) is 0 Å². The first kappa shape index (κ1) is 20.0. The zero-order valence-electron chi connectivity index (χ0n) is 12.1. The van der Waals surface area contributed by atoms with E-state index in [0.29, 0.717) is 12.8 Å². The molecule has 1 aromatic carbocycles. The topological polar surface area (TPSA) is 72.6 Å². The fraction of sp³-hybridized carbons (Fsp3) is 0.538. The Morgan fingerprint density at radius 2 is 1.91 bits per heavy atom. The summed E-state index contributed by atoms with van der Waals surface area (Å²) in [6.45, 7) is 0.367. The van der Waals surface area contributed by atoms with Crippen molar-refractivity contribution in [2.45, 2.75) is 36.6 Å². The maximum Gasteiger partial charge on any atom is 0.573 e. The Labute approximate surface area is 139 Å². The lowest BCUT2D eigenvalue weighted by molar-refractivity contribution is -0.275. The third-order valence-electron chi connectivity index (χ3n) is 3.51. The number of ether oxygens (including phenoxy) is 1. The van der Waals surface area contributed by atoms with Crippen LogP contribution in [0.2, 0.25) is 0 Å². The van der Waals surface area contributed by atoms with Crippen LogP contribution in [-0.2, 0) is 10.0 Å². The van der Waals surface area contributed by atoms with E-state index < -0.39 is 33.1 Å². The van der Waals surface area contributed by atoms with Crippen molar-refractivity contribution in [3.8, 4) is 5.75 Å². The van der Waals surface area contributed by atoms with E-state index >= 15 is 0 Å². The van der Waals surface area contributed by atoms with Crippen molar-refractivity contribution >= 4 is 22.4 Å². The normalized spacial score (nSPS) is 19.9. The van der Waals surface area contributed by atoms with E-state index in [9.17, 15) is 21.6 Å². The molecule has 0 aromatic heterocycles. The molecular formula is C13H18ClF3N2O3S. The SMILES string of the molecule is Cl.NCC1CCCCN1S(=O)(=O)c1ccccc1OC(F)(F)F. The average Bonchev–Trinajstić information content (AvgIpc) is 2.46. The van der Waals surface area contributed by atoms with Crippen LogP contribution < -0.4 is 10.5 Å². The summed E-state index contributed by atoms with van der Waals surface area (Å²) < 4.78 is 67.7. The van der Waals surface area contributed by atoms with Crippen molar-refractivity contribution in [1.82, 2.24) is 4.31 Å². The van der Waals surface area contributed by atoms with Crippen LogP contribution in [0.5, 0.6) is 5.75 Å². The van der Waals surface area contributed by atoms with Gasteiger partial charge in [-0.1, -0.05) is 18.6 Å². The van der Waals surface area contributed by atoms with Gasteiger partial charge in [-0.15, -0.1) is 25.6 Å². The summed E-state index contributed by atoms with van der Waals surface area (Å²) in [7, 11) is -4.10. The maximum atomic E-state index is 12.7. The highest BCUT2D eigenvalue weighted by atomic mass is 35.5. The van der Waals surface area contributed by atoms with Crippen LogP contribution in [0.3, 0.4) is 0 Å². The molecule has 1 unspecified atom stereocenters. The van der Waals surface area contributed by atoms with Crippen LogP contribution in [0.15, 0.2) is 29.2 Å². The van der Waals surface area contributed by atoms with Crippen LogP contribution in [0, 0.1) is 0 Å². The van der Waals surface area contributed by atoms with E-state index in [4.69, 9.17) is 5.73 Å². The first-order valence-corrected chi connectivity index (χ1v) is 8.26. The quantitative estimate of drug-likeness (QED) is 0.878. The number of piperidine rings is 1. The van der Waals surface area contributed by atoms with Crippen LogP contribution in [-0.4, -0.2) is 38.2 Å². The minimum atomic E-state index is -4.96. The highest BCUT2D eigenvalue weighted by molar-refractivity contribution is 7.89. The number of rotatable bonds is 4. The van der Waals surface area contributed by atoms with Crippen molar-refractivity contribution in [1.29, 1.82) is 0 Å². The second-order valence-corrected chi connectivity index (χ2v) is 6.85. The first-order valence-electron chi connectivity index (χ1n) is 6.82. The monoisotopic (exact) mass is 374 g/mol. The Morgan fingerprint density at radius 1 is 1.26 bits per heavy atom. The Bertz CT molecular complexity index is 625. The van der Waals surface area contributed by atoms with Gasteiger partial charge in [0, 0.05) is 19.1 Å². The molecule has 23 heavy (non-hydrogen) atoms. The van der Waals surface area contributed by atoms with Gasteiger partial charge in [-0.25, -0.2) is 8.42 Å². The van der Waals surface area contributed by atoms with Gasteiger partial charge in [0.25, 0.3) is 0 Å². The molecule has 1 saturated heterocycles. The van der Waals surface area contributed by atoms with Gasteiger partial charge >= 0.3 is 6.36 Å². The average molecular weight is 375 g/mol. The summed E-state index contributed by atoms with van der Waals surface area (Å²) in [5, 5.41) is 0. The summed E-state index contributed by atoms with van der Waals surface area (Å²) in [6, 6.07) is 4.34. The van der Waals surface area contributed by atoms with Crippen LogP contribution in [0.4, 0.5) is 13.2 Å². The third kappa shape index (κ3) is 4.72. The fourth-order valence-corrected chi connectivity index (χ4v) is 4.35. The van der Waals surface area contributed by atoms with Crippen molar-refractivity contribution < 1.29 is 26.3 Å². The maximum absolute atomic E-state index is 12.7. The number of hydrogen-bond donors (Lipinski definition) is 1. The van der Waals surface area contributed by atoms with Gasteiger partial charge in [-0.3, -0.25) is 0 Å². The molecule has 1 fully saturated rings. The lowest BCUT2D eigenvalue weighted by Gasteiger charge is -2.34. The summed E-state index contributed by atoms with van der Waals surface area (Å²) in [6.07, 6.45) is -2.87. The smallest absolute Gasteiger partial charge is 0.404 e. The molecule has 0 aliphatic carbocycles. The zero-order chi connectivity index (χ0) is 16.4. The summed E-state index contributed by atoms with van der Waals surface area (Å²) >= 11 is 0. The Hall–Kier alpha value is -1.03. The van der Waals surface area contributed by atoms with E-state index in [1.165, 1.54) is 16.4 Å². The van der Waals surface area contributed by atoms with Gasteiger partial charge in [-0.2, -0.15) is 4.31 Å². The van der Waals surface area contributed by atoms with Gasteiger partial charge in [0.2, 0.25) is 10.0 Å². The Morgan fingerprint density at radius 3 is 2.52 bits per heavy atom. The Kier molecular flexibility index (Phi) is 6.70. The van der Waals surface area contributed by atoms with E-state index in [-0.39, 0.29) is 25.5 Å². The van der Waals surface area contributed by atoms with E-state index in [2.05, 4.69) is 4.74 Å². The standard InChI is InChI=1S/C13H17F3N2O3S.ClH/c14-13(15,16)21-11-6-1-2-7-12(11)22(19,20)18-8-4-3-5-10(18)9-17;/h1-2,6-7,10H,3-5,8-9,17H2;1H. The number of nitrogens with two attached hydrogens (primary N) is 1. The van der Waals surface area contributed by atoms with Gasteiger partial charge in [0.15, 0.2) is 0 Å². The van der Waals surface area contributed by atoms with Crippen molar-refractivity contribution in [2.75, 3.05) is 13.1 Å². The number of sulfonamides is 1. The fourth-order valence-electron chi connectivity index (χ4n) is 2.52. The molecule has 1 aliphatic heterocycles. The number of para-hydroxylation sites is 1. The zero-order valence-corrected chi connectivity index (χ0v) is 13.8. The molecule has 5 nitrogen and oxygen atoms in total. The first-order chi connectivity index (χ1) is 10.3. The molecule has 1 aliphatic rings. The molecule has 1 atom stereocenters. The molecule has 0 saturated carbocycles. The van der Waals surface area contributed by atoms with Crippen LogP contribution in [0.1, 0.15) is 19.3 Å². The second-order valence-electron chi connectivity index (χ2n) is 5.00. The molecule has 1 heterocycles. The predicted octanol–water partition coefficient (Wildman–Crippen LogP) is 2.51. The minimum absolute atomic E-state index is 0. The van der Waals surface area contributed by atoms with Gasteiger partial charge in [-0.05, 0) is 25.0 Å². The Balaban J connectivity index is 0.00000264. The number of benzene rings is 1. The molecule has 1 aromatic rings. The van der Waals surface area contributed by atoms with E-state index in [1.807, 2.05) is 0 Å². The molecule has 132 valence electrons. The molecule has 0 spiro atoms. The third-order valence-corrected chi connectivity index (χ3v) is 5.50. The molecule has 0 radical (unpaired) electrons. The van der Waals surface area contributed by atoms with Gasteiger partial charge < -0.3 is 10.5 Å². The lowest BCUT2D eigenvalue weighted by Crippen LogP contribution is -2.47. The number of alkyl halides is 3. The number of halogens is 4. The lowest BCUT2D eigenvalue weighted by atomic mass is 10.1. The van der Waals surface area contributed by atoms with E-state index in [0.717, 1.165) is 18.6 Å². The largest absolute Gasteiger partial charge is 0.573 e. The molecule has 2 N–H and O–H groups in total. The summed E-state index contributed by atoms with van der Waals surface area (Å²) in [5.41, 5.74) is 5.59. The van der Waals surface area contributed by atoms with Crippen LogP contribution in [0.25, 0.3) is 0 Å². The minimum Gasteiger partial charge on any atom is -0.404 e. The molecule has 0 amide bonds. The highest BCUT2D eigenvalue weighted by Gasteiger charge is 2.38. The molecular weight excluding hydrogens is 357 g/mol. The van der Waals surface area contributed by atoms with Crippen molar-refractivity contribution in [3.05, 3.63) is 24.3 Å². The van der Waals surface area contributed by atoms with Gasteiger partial charge in [0.1, 0.15) is 10.6 Å². The molecule has 10 heteroatoms. The van der Waals surface area contributed by atoms with Crippen LogP contribution >= 0.6 is 12.4 Å². The van der Waals surface area contributed by atoms with Crippen molar-refractivity contribution in [2.24, 2.45) is 5.73 Å². The second kappa shape index (κ2) is 7.69. The number of hydrogen-bond acceptors (Lipinski definition) is 4. The predicted molar refractivity (Wildman–Crippen MR) is 81.0 cm³/mol.